The van der Waals surface area contributed by atoms with E-state index in [-0.39, 0.29) is 5.91 Å². The van der Waals surface area contributed by atoms with E-state index in [1.165, 1.54) is 11.1 Å². The zero-order valence-electron chi connectivity index (χ0n) is 11.8. The Morgan fingerprint density at radius 2 is 2.05 bits per heavy atom. The lowest BCUT2D eigenvalue weighted by Gasteiger charge is -2.28. The molecule has 21 heavy (non-hydrogen) atoms. The van der Waals surface area contributed by atoms with E-state index in [0.29, 0.717) is 12.2 Å². The van der Waals surface area contributed by atoms with Gasteiger partial charge in [-0.1, -0.05) is 30.3 Å². The summed E-state index contributed by atoms with van der Waals surface area (Å²) in [5.41, 5.74) is 5.38. The summed E-state index contributed by atoms with van der Waals surface area (Å²) in [4.78, 5) is 18.7. The van der Waals surface area contributed by atoms with Crippen LogP contribution in [0.4, 0.5) is 0 Å². The lowest BCUT2D eigenvalue weighted by Crippen LogP contribution is -2.31. The van der Waals surface area contributed by atoms with Gasteiger partial charge in [0.15, 0.2) is 0 Å². The van der Waals surface area contributed by atoms with Gasteiger partial charge in [-0.3, -0.25) is 9.69 Å². The highest BCUT2D eigenvalue weighted by atomic mass is 16.2. The maximum Gasteiger partial charge on any atom is 0.270 e. The number of hydrogen-bond acceptors (Lipinski definition) is 3. The summed E-state index contributed by atoms with van der Waals surface area (Å²) in [6, 6.07) is 12.7. The number of hydrogen-bond donors (Lipinski definition) is 1. The van der Waals surface area contributed by atoms with Gasteiger partial charge in [0.1, 0.15) is 5.69 Å². The van der Waals surface area contributed by atoms with Gasteiger partial charge in [0, 0.05) is 43.9 Å². The van der Waals surface area contributed by atoms with Crippen molar-refractivity contribution < 1.29 is 4.79 Å². The molecule has 4 nitrogen and oxygen atoms in total. The fraction of sp³-hybridized carbons (Fsp3) is 0.294. The molecule has 0 unspecified atom stereocenters. The average molecular weight is 279 g/mol. The van der Waals surface area contributed by atoms with Gasteiger partial charge in [0.2, 0.25) is 0 Å². The van der Waals surface area contributed by atoms with Crippen molar-refractivity contribution >= 4 is 5.91 Å². The molecule has 0 fully saturated rings. The molecule has 0 saturated carbocycles. The summed E-state index contributed by atoms with van der Waals surface area (Å²) in [6.07, 6.45) is 0.919. The van der Waals surface area contributed by atoms with Gasteiger partial charge in [-0.25, -0.2) is 4.98 Å². The second-order valence-corrected chi connectivity index (χ2v) is 5.73. The number of amides is 1. The van der Waals surface area contributed by atoms with E-state index in [0.717, 1.165) is 37.3 Å². The van der Waals surface area contributed by atoms with Crippen LogP contribution in [0.2, 0.25) is 0 Å². The Labute approximate surface area is 123 Å². The minimum Gasteiger partial charge on any atom is -0.347 e. The van der Waals surface area contributed by atoms with Gasteiger partial charge in [-0.15, -0.1) is 0 Å². The molecule has 0 saturated heterocycles. The first-order valence-electron chi connectivity index (χ1n) is 7.36. The Hall–Kier alpha value is -2.20. The van der Waals surface area contributed by atoms with Crippen LogP contribution < -0.4 is 5.32 Å². The average Bonchev–Trinajstić information content (AvgIpc) is 2.87. The molecule has 3 heterocycles. The first-order chi connectivity index (χ1) is 10.3. The van der Waals surface area contributed by atoms with Crippen molar-refractivity contribution in [2.45, 2.75) is 26.1 Å². The third-order valence-corrected chi connectivity index (χ3v) is 4.23. The van der Waals surface area contributed by atoms with E-state index in [1.807, 2.05) is 6.07 Å². The minimum atomic E-state index is -0.0282. The maximum atomic E-state index is 11.7. The number of carbonyl (C=O) groups excluding carboxylic acids is 1. The zero-order chi connectivity index (χ0) is 14.2. The summed E-state index contributed by atoms with van der Waals surface area (Å²) < 4.78 is 0. The van der Waals surface area contributed by atoms with Crippen molar-refractivity contribution in [3.63, 3.8) is 0 Å². The number of pyridine rings is 1. The number of benzene rings is 1. The molecular weight excluding hydrogens is 262 g/mol. The Morgan fingerprint density at radius 3 is 2.90 bits per heavy atom. The van der Waals surface area contributed by atoms with Crippen LogP contribution >= 0.6 is 0 Å². The van der Waals surface area contributed by atoms with Crippen molar-refractivity contribution in [1.29, 1.82) is 0 Å². The Morgan fingerprint density at radius 1 is 1.19 bits per heavy atom. The third kappa shape index (κ3) is 2.32. The summed E-state index contributed by atoms with van der Waals surface area (Å²) >= 11 is 0. The molecule has 0 spiro atoms. The maximum absolute atomic E-state index is 11.7. The van der Waals surface area contributed by atoms with Crippen LogP contribution in [0.3, 0.4) is 0 Å². The summed E-state index contributed by atoms with van der Waals surface area (Å²) in [5, 5.41) is 2.84. The molecule has 4 rings (SSSR count). The minimum absolute atomic E-state index is 0.0282. The first-order valence-corrected chi connectivity index (χ1v) is 7.36. The van der Waals surface area contributed by atoms with E-state index in [9.17, 15) is 4.79 Å². The highest BCUT2D eigenvalue weighted by Gasteiger charge is 2.25. The number of carbonyl (C=O) groups is 1. The molecule has 1 aromatic carbocycles. The van der Waals surface area contributed by atoms with Gasteiger partial charge in [0.05, 0.1) is 0 Å². The predicted octanol–water partition coefficient (Wildman–Crippen LogP) is 1.88. The standard InChI is InChI=1S/C17H17N3O/c21-17-16-13(9-18-17)8-14-11-20(7-6-15(14)19-16)10-12-4-2-1-3-5-12/h1-5,8H,6-7,9-11H2,(H,18,21). The van der Waals surface area contributed by atoms with Crippen LogP contribution in [-0.4, -0.2) is 22.3 Å². The largest absolute Gasteiger partial charge is 0.347 e. The van der Waals surface area contributed by atoms with Crippen molar-refractivity contribution in [3.8, 4) is 0 Å². The summed E-state index contributed by atoms with van der Waals surface area (Å²) in [5.74, 6) is -0.0282. The summed E-state index contributed by atoms with van der Waals surface area (Å²) in [7, 11) is 0. The Balaban J connectivity index is 1.57. The van der Waals surface area contributed by atoms with E-state index in [4.69, 9.17) is 0 Å². The lowest BCUT2D eigenvalue weighted by molar-refractivity contribution is 0.0961. The fourth-order valence-corrected chi connectivity index (χ4v) is 3.15. The van der Waals surface area contributed by atoms with Crippen molar-refractivity contribution in [1.82, 2.24) is 15.2 Å². The topological polar surface area (TPSA) is 45.2 Å². The van der Waals surface area contributed by atoms with Crippen molar-refractivity contribution in [2.75, 3.05) is 6.54 Å². The first kappa shape index (κ1) is 12.5. The monoisotopic (exact) mass is 279 g/mol. The number of nitrogens with one attached hydrogen (secondary N) is 1. The molecule has 106 valence electrons. The van der Waals surface area contributed by atoms with Crippen LogP contribution in [0.1, 0.15) is 32.9 Å². The molecule has 2 aliphatic rings. The van der Waals surface area contributed by atoms with Gasteiger partial charge in [-0.05, 0) is 17.2 Å². The number of rotatable bonds is 2. The van der Waals surface area contributed by atoms with Gasteiger partial charge in [-0.2, -0.15) is 0 Å². The number of nitrogens with zero attached hydrogens (tertiary/aromatic N) is 2. The molecule has 0 bridgehead atoms. The zero-order valence-corrected chi connectivity index (χ0v) is 11.8. The quantitative estimate of drug-likeness (QED) is 0.913. The van der Waals surface area contributed by atoms with Crippen molar-refractivity contribution in [2.24, 2.45) is 0 Å². The molecule has 0 radical (unpaired) electrons. The second kappa shape index (κ2) is 4.97. The van der Waals surface area contributed by atoms with E-state index >= 15 is 0 Å². The van der Waals surface area contributed by atoms with Crippen LogP contribution in [-0.2, 0) is 26.1 Å². The molecule has 1 aromatic heterocycles. The number of aromatic nitrogens is 1. The Kier molecular flexibility index (Phi) is 2.97. The highest BCUT2D eigenvalue weighted by molar-refractivity contribution is 5.96. The predicted molar refractivity (Wildman–Crippen MR) is 79.7 cm³/mol. The van der Waals surface area contributed by atoms with E-state index in [1.54, 1.807) is 0 Å². The van der Waals surface area contributed by atoms with Crippen LogP contribution in [0.25, 0.3) is 0 Å². The normalized spacial score (nSPS) is 17.2. The van der Waals surface area contributed by atoms with Crippen molar-refractivity contribution in [3.05, 3.63) is 64.5 Å². The molecule has 4 heteroatoms. The van der Waals surface area contributed by atoms with Gasteiger partial charge < -0.3 is 5.32 Å². The van der Waals surface area contributed by atoms with Gasteiger partial charge in [0.25, 0.3) is 5.91 Å². The van der Waals surface area contributed by atoms with E-state index < -0.39 is 0 Å². The Bertz CT molecular complexity index is 697. The van der Waals surface area contributed by atoms with Crippen LogP contribution in [0.15, 0.2) is 36.4 Å². The van der Waals surface area contributed by atoms with Crippen LogP contribution in [0, 0.1) is 0 Å². The molecule has 1 N–H and O–H groups in total. The number of fused-ring (bicyclic) bond motifs is 2. The van der Waals surface area contributed by atoms with E-state index in [2.05, 4.69) is 45.5 Å². The lowest BCUT2D eigenvalue weighted by atomic mass is 10.0. The summed E-state index contributed by atoms with van der Waals surface area (Å²) in [6.45, 7) is 3.50. The van der Waals surface area contributed by atoms with Crippen LogP contribution in [0.5, 0.6) is 0 Å². The molecule has 0 aliphatic carbocycles. The molecule has 2 aromatic rings. The molecule has 2 aliphatic heterocycles. The second-order valence-electron chi connectivity index (χ2n) is 5.73. The molecular formula is C17H17N3O. The highest BCUT2D eigenvalue weighted by Crippen LogP contribution is 2.24. The fourth-order valence-electron chi connectivity index (χ4n) is 3.15. The smallest absolute Gasteiger partial charge is 0.270 e. The molecule has 0 atom stereocenters. The SMILES string of the molecule is O=C1NCc2cc3c(nc21)CCN(Cc1ccccc1)C3. The molecule has 1 amide bonds. The third-order valence-electron chi connectivity index (χ3n) is 4.23. The van der Waals surface area contributed by atoms with Gasteiger partial charge >= 0.3 is 0 Å².